The van der Waals surface area contributed by atoms with Gasteiger partial charge in [0.25, 0.3) is 0 Å². The van der Waals surface area contributed by atoms with Gasteiger partial charge in [-0.15, -0.1) is 0 Å². The Hall–Kier alpha value is -2.24. The van der Waals surface area contributed by atoms with Crippen molar-refractivity contribution in [1.82, 2.24) is 10.2 Å². The van der Waals surface area contributed by atoms with E-state index >= 15 is 0 Å². The molecule has 31 heavy (non-hydrogen) atoms. The summed E-state index contributed by atoms with van der Waals surface area (Å²) in [6, 6.07) is 12.9. The summed E-state index contributed by atoms with van der Waals surface area (Å²) < 4.78 is 17.8. The second kappa shape index (κ2) is 11.4. The van der Waals surface area contributed by atoms with Crippen molar-refractivity contribution in [2.75, 3.05) is 47.5 Å². The zero-order chi connectivity index (χ0) is 22.2. The molecule has 5 heteroatoms. The molecule has 1 heterocycles. The van der Waals surface area contributed by atoms with E-state index in [0.717, 1.165) is 56.2 Å². The maximum Gasteiger partial charge on any atom is 0.161 e. The van der Waals surface area contributed by atoms with Crippen molar-refractivity contribution in [3.63, 3.8) is 0 Å². The van der Waals surface area contributed by atoms with Gasteiger partial charge in [0.2, 0.25) is 0 Å². The molecule has 0 saturated carbocycles. The third-order valence-electron chi connectivity index (χ3n) is 5.64. The van der Waals surface area contributed by atoms with Crippen molar-refractivity contribution in [2.24, 2.45) is 5.92 Å². The summed E-state index contributed by atoms with van der Waals surface area (Å²) in [5.41, 5.74) is 3.79. The maximum atomic E-state index is 6.12. The molecule has 1 N–H and O–H groups in total. The Balaban J connectivity index is 1.80. The molecule has 0 amide bonds. The highest BCUT2D eigenvalue weighted by Crippen LogP contribution is 2.38. The predicted octanol–water partition coefficient (Wildman–Crippen LogP) is 4.69. The average molecular weight is 427 g/mol. The van der Waals surface area contributed by atoms with Crippen LogP contribution in [0.5, 0.6) is 17.2 Å². The molecule has 1 aliphatic rings. The lowest BCUT2D eigenvalue weighted by Crippen LogP contribution is -2.30. The topological polar surface area (TPSA) is 43.0 Å². The van der Waals surface area contributed by atoms with E-state index in [1.165, 1.54) is 16.7 Å². The molecule has 0 spiro atoms. The second-order valence-electron chi connectivity index (χ2n) is 8.95. The largest absolute Gasteiger partial charge is 0.494 e. The first-order chi connectivity index (χ1) is 15.0. The molecule has 5 nitrogen and oxygen atoms in total. The number of fused-ring (bicyclic) bond motifs is 1. The number of hydrogen-bond acceptors (Lipinski definition) is 5. The summed E-state index contributed by atoms with van der Waals surface area (Å²) in [5, 5.41) is 3.68. The number of nitrogens with one attached hydrogen (secondary N) is 1. The summed E-state index contributed by atoms with van der Waals surface area (Å²) in [6.07, 6.45) is 3.02. The van der Waals surface area contributed by atoms with Crippen LogP contribution in [0.15, 0.2) is 36.4 Å². The first-order valence-electron chi connectivity index (χ1n) is 11.4. The molecule has 0 aliphatic carbocycles. The molecule has 0 aromatic heterocycles. The maximum absolute atomic E-state index is 6.12. The molecule has 2 aromatic rings. The van der Waals surface area contributed by atoms with Crippen molar-refractivity contribution < 1.29 is 14.2 Å². The number of benzene rings is 2. The summed E-state index contributed by atoms with van der Waals surface area (Å²) in [5.74, 6) is 3.20. The molecule has 1 aliphatic heterocycles. The zero-order valence-corrected chi connectivity index (χ0v) is 19.7. The minimum Gasteiger partial charge on any atom is -0.494 e. The number of methoxy groups -OCH3 is 1. The first kappa shape index (κ1) is 23.4. The van der Waals surface area contributed by atoms with E-state index in [1.54, 1.807) is 7.11 Å². The molecule has 170 valence electrons. The van der Waals surface area contributed by atoms with Gasteiger partial charge in [0, 0.05) is 13.1 Å². The molecule has 2 aromatic carbocycles. The van der Waals surface area contributed by atoms with Gasteiger partial charge < -0.3 is 24.4 Å². The Morgan fingerprint density at radius 1 is 1.06 bits per heavy atom. The molecule has 1 atom stereocenters. The monoisotopic (exact) mass is 426 g/mol. The molecular formula is C26H38N2O3. The van der Waals surface area contributed by atoms with Crippen LogP contribution < -0.4 is 19.5 Å². The van der Waals surface area contributed by atoms with E-state index in [4.69, 9.17) is 14.2 Å². The van der Waals surface area contributed by atoms with Crippen LogP contribution in [0, 0.1) is 5.92 Å². The first-order valence-corrected chi connectivity index (χ1v) is 11.4. The number of rotatable bonds is 11. The lowest BCUT2D eigenvalue weighted by molar-refractivity contribution is 0.267. The van der Waals surface area contributed by atoms with E-state index in [0.29, 0.717) is 12.5 Å². The van der Waals surface area contributed by atoms with E-state index in [1.807, 2.05) is 6.07 Å². The lowest BCUT2D eigenvalue weighted by Gasteiger charge is -2.29. The Bertz CT molecular complexity index is 835. The highest BCUT2D eigenvalue weighted by molar-refractivity contribution is 5.52. The minimum atomic E-state index is 0.118. The quantitative estimate of drug-likeness (QED) is 0.528. The van der Waals surface area contributed by atoms with Gasteiger partial charge in [-0.05, 0) is 80.2 Å². The van der Waals surface area contributed by atoms with Gasteiger partial charge in [0.1, 0.15) is 5.75 Å². The Morgan fingerprint density at radius 2 is 1.90 bits per heavy atom. The van der Waals surface area contributed by atoms with E-state index in [9.17, 15) is 0 Å². The Morgan fingerprint density at radius 3 is 2.65 bits per heavy atom. The minimum absolute atomic E-state index is 0.118. The van der Waals surface area contributed by atoms with Gasteiger partial charge in [-0.2, -0.15) is 0 Å². The SMILES string of the molecule is COc1cc2c(cc1OCCCN(C)C)C(c1cccc(OCCC(C)C)c1)NCC2. The lowest BCUT2D eigenvalue weighted by atomic mass is 9.89. The van der Waals surface area contributed by atoms with E-state index in [2.05, 4.69) is 68.5 Å². The highest BCUT2D eigenvalue weighted by atomic mass is 16.5. The summed E-state index contributed by atoms with van der Waals surface area (Å²) in [6.45, 7) is 7.79. The number of nitrogens with zero attached hydrogens (tertiary/aromatic N) is 1. The summed E-state index contributed by atoms with van der Waals surface area (Å²) >= 11 is 0. The Labute approximate surface area is 187 Å². The van der Waals surface area contributed by atoms with E-state index < -0.39 is 0 Å². The van der Waals surface area contributed by atoms with Crippen LogP contribution in [0.3, 0.4) is 0 Å². The molecule has 3 rings (SSSR count). The number of hydrogen-bond donors (Lipinski definition) is 1. The fraction of sp³-hybridized carbons (Fsp3) is 0.538. The van der Waals surface area contributed by atoms with Crippen molar-refractivity contribution in [2.45, 2.75) is 39.2 Å². The van der Waals surface area contributed by atoms with Crippen LogP contribution in [0.2, 0.25) is 0 Å². The van der Waals surface area contributed by atoms with Gasteiger partial charge in [-0.3, -0.25) is 0 Å². The fourth-order valence-electron chi connectivity index (χ4n) is 3.89. The van der Waals surface area contributed by atoms with Gasteiger partial charge in [0.05, 0.1) is 26.4 Å². The van der Waals surface area contributed by atoms with Crippen LogP contribution in [0.4, 0.5) is 0 Å². The third-order valence-corrected chi connectivity index (χ3v) is 5.64. The summed E-state index contributed by atoms with van der Waals surface area (Å²) in [4.78, 5) is 2.17. The molecule has 1 unspecified atom stereocenters. The van der Waals surface area contributed by atoms with Crippen LogP contribution in [0.1, 0.15) is 49.4 Å². The van der Waals surface area contributed by atoms with Crippen LogP contribution in [-0.4, -0.2) is 52.4 Å². The average Bonchev–Trinajstić information content (AvgIpc) is 2.75. The normalized spacial score (nSPS) is 15.8. The Kier molecular flexibility index (Phi) is 8.61. The van der Waals surface area contributed by atoms with Crippen LogP contribution in [-0.2, 0) is 6.42 Å². The predicted molar refractivity (Wildman–Crippen MR) is 127 cm³/mol. The van der Waals surface area contributed by atoms with Crippen molar-refractivity contribution in [3.05, 3.63) is 53.1 Å². The van der Waals surface area contributed by atoms with Crippen LogP contribution in [0.25, 0.3) is 0 Å². The molecule has 0 fully saturated rings. The van der Waals surface area contributed by atoms with Crippen molar-refractivity contribution >= 4 is 0 Å². The van der Waals surface area contributed by atoms with Gasteiger partial charge in [-0.1, -0.05) is 26.0 Å². The fourth-order valence-corrected chi connectivity index (χ4v) is 3.89. The molecule has 0 bridgehead atoms. The van der Waals surface area contributed by atoms with Gasteiger partial charge in [-0.25, -0.2) is 0 Å². The van der Waals surface area contributed by atoms with Gasteiger partial charge >= 0.3 is 0 Å². The van der Waals surface area contributed by atoms with Gasteiger partial charge in [0.15, 0.2) is 11.5 Å². The van der Waals surface area contributed by atoms with Crippen LogP contribution >= 0.6 is 0 Å². The highest BCUT2D eigenvalue weighted by Gasteiger charge is 2.24. The zero-order valence-electron chi connectivity index (χ0n) is 19.7. The molecule has 0 radical (unpaired) electrons. The summed E-state index contributed by atoms with van der Waals surface area (Å²) in [7, 11) is 5.87. The second-order valence-corrected chi connectivity index (χ2v) is 8.95. The molecular weight excluding hydrogens is 388 g/mol. The third kappa shape index (κ3) is 6.62. The number of ether oxygens (including phenoxy) is 3. The van der Waals surface area contributed by atoms with Crippen molar-refractivity contribution in [3.8, 4) is 17.2 Å². The van der Waals surface area contributed by atoms with Crippen molar-refractivity contribution in [1.29, 1.82) is 0 Å². The molecule has 0 saturated heterocycles. The smallest absolute Gasteiger partial charge is 0.161 e. The van der Waals surface area contributed by atoms with E-state index in [-0.39, 0.29) is 6.04 Å². The standard InChI is InChI=1S/C26H38N2O3/c1-19(2)11-15-30-22-9-6-8-21(16-22)26-23-18-25(31-14-7-13-28(3)4)24(29-5)17-20(23)10-12-27-26/h6,8-9,16-19,26-27H,7,10-15H2,1-5H3.